The molecule has 0 saturated carbocycles. The molecule has 4 aromatic rings. The van der Waals surface area contributed by atoms with Gasteiger partial charge >= 0.3 is 5.97 Å². The summed E-state index contributed by atoms with van der Waals surface area (Å²) in [7, 11) is 1.87. The molecule has 0 saturated heterocycles. The van der Waals surface area contributed by atoms with Crippen LogP contribution in [-0.2, 0) is 17.8 Å². The average Bonchev–Trinajstić information content (AvgIpc) is 3.11. The minimum absolute atomic E-state index is 0.0490. The van der Waals surface area contributed by atoms with Crippen molar-refractivity contribution in [2.75, 3.05) is 7.05 Å². The third kappa shape index (κ3) is 5.10. The monoisotopic (exact) mass is 445 g/mol. The number of aromatic nitrogens is 1. The Balaban J connectivity index is 1.84. The molecule has 0 atom stereocenters. The van der Waals surface area contributed by atoms with Gasteiger partial charge in [0.15, 0.2) is 5.88 Å². The van der Waals surface area contributed by atoms with Gasteiger partial charge in [-0.3, -0.25) is 4.79 Å². The number of fused-ring (bicyclic) bond motifs is 1. The highest BCUT2D eigenvalue weighted by molar-refractivity contribution is 6.21. The molecule has 168 valence electrons. The molecule has 0 radical (unpaired) electrons. The molecule has 0 aliphatic carbocycles. The van der Waals surface area contributed by atoms with E-state index in [-0.39, 0.29) is 12.3 Å². The number of nitrogens with one attached hydrogen (secondary N) is 2. The van der Waals surface area contributed by atoms with E-state index in [2.05, 4.69) is 10.3 Å². The first-order valence-corrected chi connectivity index (χ1v) is 10.6. The molecular formula is C26H24FN3O3. The summed E-state index contributed by atoms with van der Waals surface area (Å²) in [6.45, 7) is 0.689. The third-order valence-corrected chi connectivity index (χ3v) is 5.36. The van der Waals surface area contributed by atoms with E-state index in [1.165, 1.54) is 12.1 Å². The SMILES string of the molecule is CNCc1cccc(N=C(c2ccc(CCC(=O)O)cc2)c2c(O)[nH]c3cc(F)ccc23)c1. The number of aromatic amines is 1. The van der Waals surface area contributed by atoms with E-state index < -0.39 is 11.8 Å². The number of aromatic hydroxyl groups is 1. The summed E-state index contributed by atoms with van der Waals surface area (Å²) in [5, 5.41) is 23.4. The van der Waals surface area contributed by atoms with Crippen LogP contribution in [0.2, 0.25) is 0 Å². The Morgan fingerprint density at radius 2 is 1.85 bits per heavy atom. The van der Waals surface area contributed by atoms with Gasteiger partial charge in [0.2, 0.25) is 0 Å². The summed E-state index contributed by atoms with van der Waals surface area (Å²) < 4.78 is 13.8. The number of rotatable bonds is 8. The molecule has 4 rings (SSSR count). The molecule has 1 aromatic heterocycles. The molecule has 0 amide bonds. The minimum atomic E-state index is -0.848. The number of aryl methyl sites for hydroxylation is 1. The summed E-state index contributed by atoms with van der Waals surface area (Å²) >= 11 is 0. The van der Waals surface area contributed by atoms with Crippen molar-refractivity contribution in [2.24, 2.45) is 4.99 Å². The van der Waals surface area contributed by atoms with Crippen LogP contribution in [0.15, 0.2) is 71.7 Å². The number of hydrogen-bond donors (Lipinski definition) is 4. The Labute approximate surface area is 190 Å². The van der Waals surface area contributed by atoms with E-state index >= 15 is 0 Å². The van der Waals surface area contributed by atoms with Gasteiger partial charge in [-0.1, -0.05) is 36.4 Å². The predicted octanol–water partition coefficient (Wildman–Crippen LogP) is 4.92. The van der Waals surface area contributed by atoms with Crippen LogP contribution in [0.1, 0.15) is 28.7 Å². The minimum Gasteiger partial charge on any atom is -0.494 e. The number of nitrogens with zero attached hydrogens (tertiary/aromatic N) is 1. The van der Waals surface area contributed by atoms with Gasteiger partial charge in [0.1, 0.15) is 5.82 Å². The van der Waals surface area contributed by atoms with Crippen LogP contribution in [-0.4, -0.2) is 33.9 Å². The van der Waals surface area contributed by atoms with Crippen LogP contribution in [0.5, 0.6) is 5.88 Å². The number of halogens is 1. The smallest absolute Gasteiger partial charge is 0.303 e. The number of aliphatic imine (C=N–C) groups is 1. The summed E-state index contributed by atoms with van der Waals surface area (Å²) in [6.07, 6.45) is 0.471. The molecule has 3 aromatic carbocycles. The van der Waals surface area contributed by atoms with Gasteiger partial charge in [-0.25, -0.2) is 9.38 Å². The number of H-pyrrole nitrogens is 1. The Bertz CT molecular complexity index is 1330. The van der Waals surface area contributed by atoms with E-state index in [0.29, 0.717) is 40.8 Å². The maximum absolute atomic E-state index is 13.8. The highest BCUT2D eigenvalue weighted by Gasteiger charge is 2.19. The lowest BCUT2D eigenvalue weighted by Crippen LogP contribution is -2.05. The molecule has 0 fully saturated rings. The van der Waals surface area contributed by atoms with Gasteiger partial charge in [0.25, 0.3) is 0 Å². The highest BCUT2D eigenvalue weighted by atomic mass is 19.1. The van der Waals surface area contributed by atoms with Gasteiger partial charge < -0.3 is 20.5 Å². The second kappa shape index (κ2) is 9.67. The standard InChI is InChI=1S/C26H24FN3O3/c1-28-15-17-3-2-4-20(13-17)29-25(18-8-5-16(6-9-18)7-12-23(31)32)24-21-11-10-19(27)14-22(21)30-26(24)33/h2-6,8-11,13-14,28,30,33H,7,12,15H2,1H3,(H,31,32). The fourth-order valence-electron chi connectivity index (χ4n) is 3.81. The Hall–Kier alpha value is -3.97. The van der Waals surface area contributed by atoms with Crippen LogP contribution in [0.4, 0.5) is 10.1 Å². The largest absolute Gasteiger partial charge is 0.494 e. The first-order valence-electron chi connectivity index (χ1n) is 10.6. The quantitative estimate of drug-likeness (QED) is 0.290. The summed E-state index contributed by atoms with van der Waals surface area (Å²) in [4.78, 5) is 18.6. The van der Waals surface area contributed by atoms with E-state index in [4.69, 9.17) is 10.1 Å². The normalized spacial score (nSPS) is 11.8. The number of aliphatic carboxylic acids is 1. The maximum atomic E-state index is 13.8. The van der Waals surface area contributed by atoms with Crippen LogP contribution >= 0.6 is 0 Å². The van der Waals surface area contributed by atoms with Crippen molar-refractivity contribution in [3.8, 4) is 5.88 Å². The zero-order chi connectivity index (χ0) is 23.4. The zero-order valence-corrected chi connectivity index (χ0v) is 18.1. The number of hydrogen-bond acceptors (Lipinski definition) is 4. The van der Waals surface area contributed by atoms with Gasteiger partial charge in [-0.05, 0) is 54.9 Å². The van der Waals surface area contributed by atoms with Gasteiger partial charge in [0.05, 0.1) is 22.5 Å². The number of carboxylic acid groups (broad SMARTS) is 1. The topological polar surface area (TPSA) is 97.7 Å². The van der Waals surface area contributed by atoms with Crippen molar-refractivity contribution in [2.45, 2.75) is 19.4 Å². The number of benzene rings is 3. The maximum Gasteiger partial charge on any atom is 0.303 e. The zero-order valence-electron chi connectivity index (χ0n) is 18.1. The van der Waals surface area contributed by atoms with Crippen molar-refractivity contribution < 1.29 is 19.4 Å². The predicted molar refractivity (Wildman–Crippen MR) is 127 cm³/mol. The van der Waals surface area contributed by atoms with Gasteiger partial charge in [0, 0.05) is 23.9 Å². The van der Waals surface area contributed by atoms with Crippen molar-refractivity contribution >= 4 is 28.3 Å². The number of carbonyl (C=O) groups is 1. The highest BCUT2D eigenvalue weighted by Crippen LogP contribution is 2.32. The van der Waals surface area contributed by atoms with Crippen LogP contribution < -0.4 is 5.32 Å². The fraction of sp³-hybridized carbons (Fsp3) is 0.154. The van der Waals surface area contributed by atoms with Gasteiger partial charge in [-0.2, -0.15) is 0 Å². The molecule has 4 N–H and O–H groups in total. The Morgan fingerprint density at radius 1 is 1.06 bits per heavy atom. The fourth-order valence-corrected chi connectivity index (χ4v) is 3.81. The van der Waals surface area contributed by atoms with Crippen LogP contribution in [0, 0.1) is 5.82 Å². The van der Waals surface area contributed by atoms with Crippen molar-refractivity contribution in [1.29, 1.82) is 0 Å². The van der Waals surface area contributed by atoms with E-state index in [1.54, 1.807) is 6.07 Å². The lowest BCUT2D eigenvalue weighted by Gasteiger charge is -2.10. The van der Waals surface area contributed by atoms with Crippen LogP contribution in [0.3, 0.4) is 0 Å². The van der Waals surface area contributed by atoms with E-state index in [0.717, 1.165) is 16.7 Å². The van der Waals surface area contributed by atoms with Crippen molar-refractivity contribution in [3.05, 3.63) is 94.8 Å². The lowest BCUT2D eigenvalue weighted by atomic mass is 9.98. The molecule has 7 heteroatoms. The molecule has 0 aliphatic rings. The van der Waals surface area contributed by atoms with E-state index in [1.807, 2.05) is 55.6 Å². The average molecular weight is 445 g/mol. The third-order valence-electron chi connectivity index (χ3n) is 5.36. The second-order valence-corrected chi connectivity index (χ2v) is 7.79. The molecule has 1 heterocycles. The van der Waals surface area contributed by atoms with Gasteiger partial charge in [-0.15, -0.1) is 0 Å². The lowest BCUT2D eigenvalue weighted by molar-refractivity contribution is -0.136. The Morgan fingerprint density at radius 3 is 2.58 bits per heavy atom. The molecule has 33 heavy (non-hydrogen) atoms. The molecule has 0 spiro atoms. The second-order valence-electron chi connectivity index (χ2n) is 7.79. The summed E-state index contributed by atoms with van der Waals surface area (Å²) in [5.74, 6) is -1.36. The van der Waals surface area contributed by atoms with Crippen molar-refractivity contribution in [3.63, 3.8) is 0 Å². The molecule has 0 unspecified atom stereocenters. The van der Waals surface area contributed by atoms with E-state index in [9.17, 15) is 14.3 Å². The first kappa shape index (κ1) is 22.2. The summed E-state index contributed by atoms with van der Waals surface area (Å²) in [6, 6.07) is 19.5. The molecular weight excluding hydrogens is 421 g/mol. The molecule has 0 aliphatic heterocycles. The Kier molecular flexibility index (Phi) is 6.51. The first-order chi connectivity index (χ1) is 15.9. The number of carboxylic acids is 1. The molecule has 0 bridgehead atoms. The van der Waals surface area contributed by atoms with Crippen molar-refractivity contribution in [1.82, 2.24) is 10.3 Å². The molecule has 6 nitrogen and oxygen atoms in total. The summed E-state index contributed by atoms with van der Waals surface area (Å²) in [5.41, 5.74) is 4.88. The van der Waals surface area contributed by atoms with Crippen LogP contribution in [0.25, 0.3) is 10.9 Å².